The Balaban J connectivity index is 3.12. The zero-order valence-electron chi connectivity index (χ0n) is 10.8. The molecule has 0 unspecified atom stereocenters. The molecule has 6 heteroatoms. The highest BCUT2D eigenvalue weighted by molar-refractivity contribution is 7.89. The number of halogens is 1. The lowest BCUT2D eigenvalue weighted by Gasteiger charge is -2.21. The van der Waals surface area contributed by atoms with Crippen LogP contribution in [0.4, 0.5) is 10.1 Å². The van der Waals surface area contributed by atoms with Gasteiger partial charge in [0.15, 0.2) is 0 Å². The van der Waals surface area contributed by atoms with Crippen LogP contribution in [-0.2, 0) is 15.4 Å². The van der Waals surface area contributed by atoms with Crippen molar-refractivity contribution in [1.82, 2.24) is 4.72 Å². The third-order valence-corrected chi connectivity index (χ3v) is 3.99. The number of anilines is 1. The number of benzene rings is 1. The third kappa shape index (κ3) is 3.43. The fraction of sp³-hybridized carbons (Fsp3) is 0.500. The maximum absolute atomic E-state index is 12.0. The van der Waals surface area contributed by atoms with E-state index in [0.29, 0.717) is 5.69 Å². The molecule has 0 aliphatic heterocycles. The smallest absolute Gasteiger partial charge is 0.240 e. The molecule has 0 spiro atoms. The lowest BCUT2D eigenvalue weighted by molar-refractivity contribution is 0.486. The minimum atomic E-state index is -3.68. The second-order valence-electron chi connectivity index (χ2n) is 5.09. The maximum atomic E-state index is 12.0. The maximum Gasteiger partial charge on any atom is 0.240 e. The molecule has 3 N–H and O–H groups in total. The molecule has 0 radical (unpaired) electrons. The molecule has 0 saturated heterocycles. The Morgan fingerprint density at radius 3 is 2.39 bits per heavy atom. The summed E-state index contributed by atoms with van der Waals surface area (Å²) < 4.78 is 37.7. The number of hydrogen-bond donors (Lipinski definition) is 2. The zero-order valence-corrected chi connectivity index (χ0v) is 11.6. The van der Waals surface area contributed by atoms with E-state index >= 15 is 0 Å². The fourth-order valence-electron chi connectivity index (χ4n) is 1.65. The quantitative estimate of drug-likeness (QED) is 0.823. The fourth-order valence-corrected chi connectivity index (χ4v) is 2.69. The van der Waals surface area contributed by atoms with E-state index in [4.69, 9.17) is 5.73 Å². The molecular weight excluding hydrogens is 255 g/mol. The van der Waals surface area contributed by atoms with Crippen LogP contribution in [0, 0.1) is 0 Å². The van der Waals surface area contributed by atoms with E-state index in [2.05, 4.69) is 4.72 Å². The normalized spacial score (nSPS) is 12.7. The molecule has 0 heterocycles. The first-order valence-corrected chi connectivity index (χ1v) is 7.12. The van der Waals surface area contributed by atoms with Crippen molar-refractivity contribution in [2.75, 3.05) is 19.0 Å². The second-order valence-corrected chi connectivity index (χ2v) is 6.85. The average Bonchev–Trinajstić information content (AvgIpc) is 2.24. The van der Waals surface area contributed by atoms with Gasteiger partial charge in [-0.25, -0.2) is 17.5 Å². The van der Waals surface area contributed by atoms with Crippen LogP contribution >= 0.6 is 0 Å². The van der Waals surface area contributed by atoms with Crippen LogP contribution in [0.5, 0.6) is 0 Å². The van der Waals surface area contributed by atoms with Gasteiger partial charge in [-0.15, -0.1) is 0 Å². The highest BCUT2D eigenvalue weighted by Gasteiger charge is 2.20. The summed E-state index contributed by atoms with van der Waals surface area (Å²) in [6.45, 7) is 5.01. The van der Waals surface area contributed by atoms with Gasteiger partial charge in [-0.3, -0.25) is 0 Å². The predicted molar refractivity (Wildman–Crippen MR) is 70.7 cm³/mol. The molecule has 0 aliphatic carbocycles. The van der Waals surface area contributed by atoms with Gasteiger partial charge in [0, 0.05) is 12.2 Å². The van der Waals surface area contributed by atoms with Gasteiger partial charge in [0.1, 0.15) is 6.67 Å². The minimum Gasteiger partial charge on any atom is -0.398 e. The van der Waals surface area contributed by atoms with E-state index in [9.17, 15) is 12.8 Å². The summed E-state index contributed by atoms with van der Waals surface area (Å²) in [6.07, 6.45) is 0. The van der Waals surface area contributed by atoms with Crippen LogP contribution in [0.15, 0.2) is 23.1 Å². The first-order chi connectivity index (χ1) is 8.18. The first-order valence-electron chi connectivity index (χ1n) is 5.64. The van der Waals surface area contributed by atoms with Crippen molar-refractivity contribution < 1.29 is 12.8 Å². The molecule has 1 aromatic carbocycles. The molecule has 102 valence electrons. The molecule has 1 aromatic rings. The van der Waals surface area contributed by atoms with Gasteiger partial charge in [0.25, 0.3) is 0 Å². The number of sulfonamides is 1. The second kappa shape index (κ2) is 5.24. The van der Waals surface area contributed by atoms with Crippen LogP contribution in [0.2, 0.25) is 0 Å². The van der Waals surface area contributed by atoms with Crippen molar-refractivity contribution in [3.8, 4) is 0 Å². The highest BCUT2D eigenvalue weighted by atomic mass is 32.2. The van der Waals surface area contributed by atoms with E-state index in [-0.39, 0.29) is 16.9 Å². The molecular formula is C12H19FN2O2S. The Morgan fingerprint density at radius 2 is 1.94 bits per heavy atom. The van der Waals surface area contributed by atoms with Crippen molar-refractivity contribution in [2.24, 2.45) is 0 Å². The number of rotatable bonds is 4. The molecule has 18 heavy (non-hydrogen) atoms. The Bertz CT molecular complexity index is 521. The SMILES string of the molecule is CC(C)(C)c1ccc(S(=O)(=O)NCCF)cc1N. The third-order valence-electron chi connectivity index (χ3n) is 2.53. The molecule has 0 aromatic heterocycles. The highest BCUT2D eigenvalue weighted by Crippen LogP contribution is 2.29. The monoisotopic (exact) mass is 274 g/mol. The number of alkyl halides is 1. The molecule has 0 saturated carbocycles. The number of nitrogens with two attached hydrogens (primary N) is 1. The Labute approximate surface area is 107 Å². The largest absolute Gasteiger partial charge is 0.398 e. The minimum absolute atomic E-state index is 0.0569. The van der Waals surface area contributed by atoms with E-state index in [0.717, 1.165) is 5.56 Å². The van der Waals surface area contributed by atoms with Crippen molar-refractivity contribution in [3.63, 3.8) is 0 Å². The van der Waals surface area contributed by atoms with Crippen LogP contribution in [-0.4, -0.2) is 21.6 Å². The van der Waals surface area contributed by atoms with Crippen LogP contribution < -0.4 is 10.5 Å². The summed E-state index contributed by atoms with van der Waals surface area (Å²) in [5.41, 5.74) is 7.02. The Morgan fingerprint density at radius 1 is 1.33 bits per heavy atom. The van der Waals surface area contributed by atoms with Gasteiger partial charge >= 0.3 is 0 Å². The van der Waals surface area contributed by atoms with Crippen LogP contribution in [0.3, 0.4) is 0 Å². The first kappa shape index (κ1) is 14.9. The van der Waals surface area contributed by atoms with Gasteiger partial charge in [-0.05, 0) is 23.1 Å². The Hall–Kier alpha value is -1.14. The predicted octanol–water partition coefficient (Wildman–Crippen LogP) is 1.81. The number of nitrogens with one attached hydrogen (secondary N) is 1. The van der Waals surface area contributed by atoms with Crippen molar-refractivity contribution >= 4 is 15.7 Å². The number of hydrogen-bond acceptors (Lipinski definition) is 3. The molecule has 0 aliphatic rings. The molecule has 4 nitrogen and oxygen atoms in total. The number of nitrogen functional groups attached to an aromatic ring is 1. The topological polar surface area (TPSA) is 72.2 Å². The molecule has 0 amide bonds. The molecule has 0 atom stereocenters. The average molecular weight is 274 g/mol. The summed E-state index contributed by atoms with van der Waals surface area (Å²) in [5, 5.41) is 0. The van der Waals surface area contributed by atoms with E-state index < -0.39 is 16.7 Å². The standard InChI is InChI=1S/C12H19FN2O2S/c1-12(2,3)10-5-4-9(8-11(10)14)18(16,17)15-7-6-13/h4-5,8,15H,6-7,14H2,1-3H3. The van der Waals surface area contributed by atoms with Gasteiger partial charge in [0.2, 0.25) is 10.0 Å². The van der Waals surface area contributed by atoms with Gasteiger partial charge in [0.05, 0.1) is 4.90 Å². The summed E-state index contributed by atoms with van der Waals surface area (Å²) in [4.78, 5) is 0.0569. The van der Waals surface area contributed by atoms with Crippen molar-refractivity contribution in [1.29, 1.82) is 0 Å². The van der Waals surface area contributed by atoms with Crippen molar-refractivity contribution in [3.05, 3.63) is 23.8 Å². The zero-order chi connectivity index (χ0) is 14.0. The summed E-state index contributed by atoms with van der Waals surface area (Å²) >= 11 is 0. The van der Waals surface area contributed by atoms with Crippen LogP contribution in [0.25, 0.3) is 0 Å². The summed E-state index contributed by atoms with van der Waals surface area (Å²) in [7, 11) is -3.68. The summed E-state index contributed by atoms with van der Waals surface area (Å²) in [5.74, 6) is 0. The lowest BCUT2D eigenvalue weighted by Crippen LogP contribution is -2.26. The Kier molecular flexibility index (Phi) is 4.34. The van der Waals surface area contributed by atoms with Crippen molar-refractivity contribution in [2.45, 2.75) is 31.1 Å². The van der Waals surface area contributed by atoms with Gasteiger partial charge in [-0.2, -0.15) is 0 Å². The summed E-state index contributed by atoms with van der Waals surface area (Å²) in [6, 6.07) is 4.58. The van der Waals surface area contributed by atoms with Gasteiger partial charge < -0.3 is 5.73 Å². The van der Waals surface area contributed by atoms with Gasteiger partial charge in [-0.1, -0.05) is 26.8 Å². The van der Waals surface area contributed by atoms with Crippen LogP contribution in [0.1, 0.15) is 26.3 Å². The molecule has 1 rings (SSSR count). The lowest BCUT2D eigenvalue weighted by atomic mass is 9.86. The van der Waals surface area contributed by atoms with E-state index in [1.54, 1.807) is 6.07 Å². The molecule has 0 fully saturated rings. The molecule has 0 bridgehead atoms. The van der Waals surface area contributed by atoms with E-state index in [1.165, 1.54) is 12.1 Å². The van der Waals surface area contributed by atoms with E-state index in [1.807, 2.05) is 20.8 Å².